The Labute approximate surface area is 150 Å². The van der Waals surface area contributed by atoms with Crippen LogP contribution in [0.4, 0.5) is 5.69 Å². The topological polar surface area (TPSA) is 55.4 Å². The van der Waals surface area contributed by atoms with Crippen LogP contribution in [0.15, 0.2) is 36.4 Å². The lowest BCUT2D eigenvalue weighted by Gasteiger charge is -2.11. The van der Waals surface area contributed by atoms with Crippen LogP contribution in [-0.4, -0.2) is 18.5 Å². The van der Waals surface area contributed by atoms with E-state index in [-0.39, 0.29) is 18.9 Å². The smallest absolute Gasteiger partial charge is 0.310 e. The van der Waals surface area contributed by atoms with Gasteiger partial charge in [0.15, 0.2) is 6.61 Å². The van der Waals surface area contributed by atoms with E-state index in [4.69, 9.17) is 27.9 Å². The van der Waals surface area contributed by atoms with Crippen molar-refractivity contribution in [2.45, 2.75) is 20.3 Å². The second-order valence-electron chi connectivity index (χ2n) is 5.40. The Bertz CT molecular complexity index is 755. The van der Waals surface area contributed by atoms with Crippen LogP contribution in [0.25, 0.3) is 0 Å². The van der Waals surface area contributed by atoms with Gasteiger partial charge in [0, 0.05) is 5.69 Å². The molecular formula is C18H17Cl2NO3. The number of rotatable bonds is 5. The Balaban J connectivity index is 1.87. The number of esters is 1. The fraction of sp³-hybridized carbons (Fsp3) is 0.222. The van der Waals surface area contributed by atoms with Crippen molar-refractivity contribution in [2.24, 2.45) is 0 Å². The Morgan fingerprint density at radius 1 is 1.04 bits per heavy atom. The van der Waals surface area contributed by atoms with Gasteiger partial charge in [-0.15, -0.1) is 0 Å². The first kappa shape index (κ1) is 18.3. The summed E-state index contributed by atoms with van der Waals surface area (Å²) in [5.74, 6) is -0.889. The van der Waals surface area contributed by atoms with Crippen molar-refractivity contribution >= 4 is 40.8 Å². The fourth-order valence-electron chi connectivity index (χ4n) is 2.20. The number of hydrogen-bond acceptors (Lipinski definition) is 3. The predicted octanol–water partition coefficient (Wildman–Crippen LogP) is 4.33. The van der Waals surface area contributed by atoms with Crippen molar-refractivity contribution in [1.29, 1.82) is 0 Å². The molecule has 2 aromatic carbocycles. The summed E-state index contributed by atoms with van der Waals surface area (Å²) in [6, 6.07) is 10.6. The van der Waals surface area contributed by atoms with Gasteiger partial charge in [0.25, 0.3) is 5.91 Å². The third kappa shape index (κ3) is 4.98. The summed E-state index contributed by atoms with van der Waals surface area (Å²) in [5, 5.41) is 3.55. The lowest BCUT2D eigenvalue weighted by Crippen LogP contribution is -2.22. The molecule has 0 heterocycles. The van der Waals surface area contributed by atoms with Crippen LogP contribution in [0.3, 0.4) is 0 Å². The second-order valence-corrected chi connectivity index (χ2v) is 6.22. The molecule has 0 spiro atoms. The molecule has 126 valence electrons. The number of para-hydroxylation sites is 1. The van der Waals surface area contributed by atoms with Crippen molar-refractivity contribution in [2.75, 3.05) is 11.9 Å². The summed E-state index contributed by atoms with van der Waals surface area (Å²) >= 11 is 11.7. The SMILES string of the molecule is Cc1cccc(C)c1NC(=O)COC(=O)Cc1ccc(Cl)c(Cl)c1. The quantitative estimate of drug-likeness (QED) is 0.802. The number of anilines is 1. The van der Waals surface area contributed by atoms with Gasteiger partial charge in [-0.3, -0.25) is 9.59 Å². The molecule has 0 saturated heterocycles. The number of carbonyl (C=O) groups is 2. The van der Waals surface area contributed by atoms with E-state index in [0.717, 1.165) is 16.8 Å². The largest absolute Gasteiger partial charge is 0.455 e. The lowest BCUT2D eigenvalue weighted by atomic mass is 10.1. The maximum Gasteiger partial charge on any atom is 0.310 e. The molecule has 0 aliphatic rings. The van der Waals surface area contributed by atoms with E-state index in [1.54, 1.807) is 18.2 Å². The molecule has 0 unspecified atom stereocenters. The van der Waals surface area contributed by atoms with Gasteiger partial charge in [0.1, 0.15) is 0 Å². The number of carbonyl (C=O) groups excluding carboxylic acids is 2. The van der Waals surface area contributed by atoms with Gasteiger partial charge < -0.3 is 10.1 Å². The van der Waals surface area contributed by atoms with Gasteiger partial charge in [-0.2, -0.15) is 0 Å². The highest BCUT2D eigenvalue weighted by atomic mass is 35.5. The minimum Gasteiger partial charge on any atom is -0.455 e. The van der Waals surface area contributed by atoms with Crippen LogP contribution in [-0.2, 0) is 20.7 Å². The molecule has 6 heteroatoms. The molecule has 1 amide bonds. The molecule has 2 rings (SSSR count). The van der Waals surface area contributed by atoms with Crippen molar-refractivity contribution in [3.05, 3.63) is 63.1 Å². The molecule has 0 aliphatic carbocycles. The van der Waals surface area contributed by atoms with Crippen LogP contribution in [0.1, 0.15) is 16.7 Å². The minimum atomic E-state index is -0.509. The van der Waals surface area contributed by atoms with Gasteiger partial charge in [-0.25, -0.2) is 0 Å². The monoisotopic (exact) mass is 365 g/mol. The predicted molar refractivity (Wildman–Crippen MR) is 95.7 cm³/mol. The third-order valence-electron chi connectivity index (χ3n) is 3.44. The highest BCUT2D eigenvalue weighted by Gasteiger charge is 2.11. The zero-order chi connectivity index (χ0) is 17.7. The summed E-state index contributed by atoms with van der Waals surface area (Å²) in [7, 11) is 0. The zero-order valence-electron chi connectivity index (χ0n) is 13.4. The van der Waals surface area contributed by atoms with E-state index in [9.17, 15) is 9.59 Å². The Morgan fingerprint density at radius 3 is 2.33 bits per heavy atom. The van der Waals surface area contributed by atoms with Gasteiger partial charge in [0.05, 0.1) is 16.5 Å². The van der Waals surface area contributed by atoms with Gasteiger partial charge in [-0.1, -0.05) is 47.5 Å². The first-order valence-corrected chi connectivity index (χ1v) is 8.08. The van der Waals surface area contributed by atoms with Crippen molar-refractivity contribution in [3.8, 4) is 0 Å². The van der Waals surface area contributed by atoms with Crippen LogP contribution in [0.5, 0.6) is 0 Å². The molecule has 24 heavy (non-hydrogen) atoms. The van der Waals surface area contributed by atoms with Crippen LogP contribution in [0, 0.1) is 13.8 Å². The van der Waals surface area contributed by atoms with Gasteiger partial charge >= 0.3 is 5.97 Å². The van der Waals surface area contributed by atoms with Crippen LogP contribution < -0.4 is 5.32 Å². The molecule has 0 saturated carbocycles. The molecule has 0 fully saturated rings. The van der Waals surface area contributed by atoms with Gasteiger partial charge in [0.2, 0.25) is 0 Å². The second kappa shape index (κ2) is 8.18. The molecule has 2 aromatic rings. The first-order chi connectivity index (χ1) is 11.4. The van der Waals surface area contributed by atoms with Crippen molar-refractivity contribution in [1.82, 2.24) is 0 Å². The van der Waals surface area contributed by atoms with Crippen LogP contribution >= 0.6 is 23.2 Å². The zero-order valence-corrected chi connectivity index (χ0v) is 14.9. The molecular weight excluding hydrogens is 349 g/mol. The summed E-state index contributed by atoms with van der Waals surface area (Å²) < 4.78 is 5.00. The third-order valence-corrected chi connectivity index (χ3v) is 4.18. The molecule has 4 nitrogen and oxygen atoms in total. The molecule has 1 N–H and O–H groups in total. The van der Waals surface area contributed by atoms with Crippen molar-refractivity contribution < 1.29 is 14.3 Å². The summed E-state index contributed by atoms with van der Waals surface area (Å²) in [4.78, 5) is 23.8. The van der Waals surface area contributed by atoms with E-state index in [0.29, 0.717) is 15.6 Å². The van der Waals surface area contributed by atoms with E-state index >= 15 is 0 Å². The molecule has 0 bridgehead atoms. The lowest BCUT2D eigenvalue weighted by molar-refractivity contribution is -0.146. The number of ether oxygens (including phenoxy) is 1. The highest BCUT2D eigenvalue weighted by molar-refractivity contribution is 6.42. The van der Waals surface area contributed by atoms with E-state index < -0.39 is 5.97 Å². The molecule has 0 aromatic heterocycles. The number of hydrogen-bond donors (Lipinski definition) is 1. The minimum absolute atomic E-state index is 0.0214. The average Bonchev–Trinajstić information content (AvgIpc) is 2.53. The van der Waals surface area contributed by atoms with Gasteiger partial charge in [-0.05, 0) is 42.7 Å². The maximum absolute atomic E-state index is 11.9. The number of nitrogens with one attached hydrogen (secondary N) is 1. The summed E-state index contributed by atoms with van der Waals surface area (Å²) in [5.41, 5.74) is 3.31. The number of amides is 1. The summed E-state index contributed by atoms with van der Waals surface area (Å²) in [6.07, 6.45) is 0.0214. The Hall–Kier alpha value is -2.04. The summed E-state index contributed by atoms with van der Waals surface area (Å²) in [6.45, 7) is 3.46. The van der Waals surface area contributed by atoms with E-state index in [1.165, 1.54) is 0 Å². The maximum atomic E-state index is 11.9. The number of benzene rings is 2. The Kier molecular flexibility index (Phi) is 6.23. The highest BCUT2D eigenvalue weighted by Crippen LogP contribution is 2.23. The molecule has 0 radical (unpaired) electrons. The average molecular weight is 366 g/mol. The van der Waals surface area contributed by atoms with E-state index in [2.05, 4.69) is 5.32 Å². The first-order valence-electron chi connectivity index (χ1n) is 7.32. The normalized spacial score (nSPS) is 10.3. The molecule has 0 aliphatic heterocycles. The Morgan fingerprint density at radius 2 is 1.71 bits per heavy atom. The van der Waals surface area contributed by atoms with Crippen molar-refractivity contribution in [3.63, 3.8) is 0 Å². The fourth-order valence-corrected chi connectivity index (χ4v) is 2.52. The van der Waals surface area contributed by atoms with E-state index in [1.807, 2.05) is 32.0 Å². The standard InChI is InChI=1S/C18H17Cl2NO3/c1-11-4-3-5-12(2)18(11)21-16(22)10-24-17(23)9-13-6-7-14(19)15(20)8-13/h3-8H,9-10H2,1-2H3,(H,21,22). The molecule has 0 atom stereocenters. The van der Waals surface area contributed by atoms with Crippen LogP contribution in [0.2, 0.25) is 10.0 Å². The number of halogens is 2. The number of aryl methyl sites for hydroxylation is 2.